The molecule has 88 valence electrons. The maximum absolute atomic E-state index is 13.7. The van der Waals surface area contributed by atoms with Crippen LogP contribution in [0.2, 0.25) is 5.02 Å². The van der Waals surface area contributed by atoms with E-state index in [-0.39, 0.29) is 11.9 Å². The van der Waals surface area contributed by atoms with Crippen molar-refractivity contribution in [3.05, 3.63) is 28.5 Å². The fourth-order valence-electron chi connectivity index (χ4n) is 2.11. The summed E-state index contributed by atoms with van der Waals surface area (Å²) in [6.07, 6.45) is 5.30. The average molecular weight is 260 g/mol. The van der Waals surface area contributed by atoms with E-state index in [9.17, 15) is 4.39 Å². The summed E-state index contributed by atoms with van der Waals surface area (Å²) in [5.41, 5.74) is 0.972. The van der Waals surface area contributed by atoms with Crippen molar-refractivity contribution in [2.75, 3.05) is 12.8 Å². The monoisotopic (exact) mass is 259 g/mol. The van der Waals surface area contributed by atoms with Crippen LogP contribution in [-0.4, -0.2) is 12.8 Å². The number of hydrogen-bond donors (Lipinski definition) is 1. The fourth-order valence-corrected chi connectivity index (χ4v) is 3.07. The third-order valence-electron chi connectivity index (χ3n) is 2.94. The Kier molecular flexibility index (Phi) is 4.11. The molecular formula is C12H15ClFNS. The van der Waals surface area contributed by atoms with Crippen molar-refractivity contribution in [2.45, 2.75) is 30.2 Å². The Balaban J connectivity index is 2.28. The second-order valence-electron chi connectivity index (χ2n) is 4.02. The summed E-state index contributed by atoms with van der Waals surface area (Å²) in [6.45, 7) is 1.01. The number of nitrogens with one attached hydrogen (secondary N) is 1. The van der Waals surface area contributed by atoms with E-state index in [1.54, 1.807) is 6.07 Å². The van der Waals surface area contributed by atoms with Crippen LogP contribution in [0.25, 0.3) is 0 Å². The molecule has 1 aromatic carbocycles. The maximum Gasteiger partial charge on any atom is 0.138 e. The topological polar surface area (TPSA) is 12.0 Å². The minimum atomic E-state index is -0.206. The predicted molar refractivity (Wildman–Crippen MR) is 67.8 cm³/mol. The molecule has 0 bridgehead atoms. The normalized spacial score (nSPS) is 21.1. The first-order chi connectivity index (χ1) is 7.72. The van der Waals surface area contributed by atoms with Gasteiger partial charge in [-0.25, -0.2) is 4.39 Å². The van der Waals surface area contributed by atoms with Crippen LogP contribution in [0.4, 0.5) is 4.39 Å². The Morgan fingerprint density at radius 1 is 1.44 bits per heavy atom. The molecule has 16 heavy (non-hydrogen) atoms. The minimum Gasteiger partial charge on any atom is -0.310 e. The van der Waals surface area contributed by atoms with Crippen molar-refractivity contribution in [3.63, 3.8) is 0 Å². The van der Waals surface area contributed by atoms with E-state index in [0.717, 1.165) is 18.5 Å². The van der Waals surface area contributed by atoms with Gasteiger partial charge >= 0.3 is 0 Å². The molecule has 1 N–H and O–H groups in total. The van der Waals surface area contributed by atoms with E-state index >= 15 is 0 Å². The molecule has 1 aliphatic heterocycles. The van der Waals surface area contributed by atoms with Gasteiger partial charge in [0.15, 0.2) is 0 Å². The highest BCUT2D eigenvalue weighted by atomic mass is 35.5. The molecule has 1 aromatic rings. The first-order valence-corrected chi connectivity index (χ1v) is 7.09. The lowest BCUT2D eigenvalue weighted by Crippen LogP contribution is -2.26. The van der Waals surface area contributed by atoms with Gasteiger partial charge in [0.05, 0.1) is 9.92 Å². The van der Waals surface area contributed by atoms with Gasteiger partial charge in [0.1, 0.15) is 5.82 Å². The Labute approximate surface area is 105 Å². The highest BCUT2D eigenvalue weighted by Crippen LogP contribution is 2.33. The SMILES string of the molecule is CSc1c(F)cc(C2CCCCN2)cc1Cl. The van der Waals surface area contributed by atoms with Crippen molar-refractivity contribution in [2.24, 2.45) is 0 Å². The molecule has 0 spiro atoms. The molecular weight excluding hydrogens is 245 g/mol. The van der Waals surface area contributed by atoms with Gasteiger partial charge in [0.25, 0.3) is 0 Å². The van der Waals surface area contributed by atoms with Crippen molar-refractivity contribution in [1.82, 2.24) is 5.32 Å². The molecule has 0 aromatic heterocycles. The first-order valence-electron chi connectivity index (χ1n) is 5.48. The number of rotatable bonds is 2. The zero-order valence-corrected chi connectivity index (χ0v) is 10.8. The van der Waals surface area contributed by atoms with Crippen LogP contribution < -0.4 is 5.32 Å². The van der Waals surface area contributed by atoms with Gasteiger partial charge < -0.3 is 5.32 Å². The van der Waals surface area contributed by atoms with E-state index < -0.39 is 0 Å². The molecule has 0 radical (unpaired) electrons. The lowest BCUT2D eigenvalue weighted by molar-refractivity contribution is 0.410. The molecule has 1 unspecified atom stereocenters. The van der Waals surface area contributed by atoms with E-state index in [2.05, 4.69) is 5.32 Å². The summed E-state index contributed by atoms with van der Waals surface area (Å²) in [5.74, 6) is -0.206. The molecule has 1 nitrogen and oxygen atoms in total. The molecule has 4 heteroatoms. The second-order valence-corrected chi connectivity index (χ2v) is 5.24. The molecule has 1 fully saturated rings. The van der Waals surface area contributed by atoms with Gasteiger partial charge in [0, 0.05) is 6.04 Å². The summed E-state index contributed by atoms with van der Waals surface area (Å²) >= 11 is 7.42. The molecule has 0 saturated carbocycles. The van der Waals surface area contributed by atoms with Gasteiger partial charge in [-0.15, -0.1) is 11.8 Å². The highest BCUT2D eigenvalue weighted by Gasteiger charge is 2.17. The van der Waals surface area contributed by atoms with E-state index in [1.165, 1.54) is 24.6 Å². The van der Waals surface area contributed by atoms with Gasteiger partial charge in [-0.05, 0) is 43.3 Å². The minimum absolute atomic E-state index is 0.206. The van der Waals surface area contributed by atoms with Crippen LogP contribution in [-0.2, 0) is 0 Å². The third kappa shape index (κ3) is 2.53. The molecule has 1 saturated heterocycles. The van der Waals surface area contributed by atoms with Gasteiger partial charge in [-0.3, -0.25) is 0 Å². The van der Waals surface area contributed by atoms with Crippen LogP contribution in [0.5, 0.6) is 0 Å². The Bertz CT molecular complexity index is 354. The zero-order chi connectivity index (χ0) is 11.5. The van der Waals surface area contributed by atoms with Crippen LogP contribution in [0.15, 0.2) is 17.0 Å². The van der Waals surface area contributed by atoms with Crippen LogP contribution in [0, 0.1) is 5.82 Å². The van der Waals surface area contributed by atoms with E-state index in [1.807, 2.05) is 12.3 Å². The number of thioether (sulfide) groups is 1. The fraction of sp³-hybridized carbons (Fsp3) is 0.500. The van der Waals surface area contributed by atoms with Gasteiger partial charge in [-0.2, -0.15) is 0 Å². The van der Waals surface area contributed by atoms with Crippen LogP contribution in [0.1, 0.15) is 30.9 Å². The van der Waals surface area contributed by atoms with Gasteiger partial charge in [0.2, 0.25) is 0 Å². The zero-order valence-electron chi connectivity index (χ0n) is 9.22. The molecule has 1 heterocycles. The second kappa shape index (κ2) is 5.39. The summed E-state index contributed by atoms with van der Waals surface area (Å²) in [4.78, 5) is 0.543. The molecule has 1 atom stereocenters. The highest BCUT2D eigenvalue weighted by molar-refractivity contribution is 7.98. The van der Waals surface area contributed by atoms with Crippen molar-refractivity contribution < 1.29 is 4.39 Å². The van der Waals surface area contributed by atoms with Gasteiger partial charge in [-0.1, -0.05) is 18.0 Å². The van der Waals surface area contributed by atoms with Crippen molar-refractivity contribution in [1.29, 1.82) is 0 Å². The number of halogens is 2. The van der Waals surface area contributed by atoms with Crippen LogP contribution in [0.3, 0.4) is 0 Å². The quantitative estimate of drug-likeness (QED) is 0.806. The number of piperidine rings is 1. The summed E-state index contributed by atoms with van der Waals surface area (Å²) in [5, 5.41) is 3.92. The lowest BCUT2D eigenvalue weighted by atomic mass is 9.97. The maximum atomic E-state index is 13.7. The first kappa shape index (κ1) is 12.2. The Morgan fingerprint density at radius 2 is 2.25 bits per heavy atom. The number of hydrogen-bond acceptors (Lipinski definition) is 2. The number of benzene rings is 1. The van der Waals surface area contributed by atoms with Crippen LogP contribution >= 0.6 is 23.4 Å². The third-order valence-corrected chi connectivity index (χ3v) is 4.17. The summed E-state index contributed by atoms with van der Waals surface area (Å²) in [6, 6.07) is 3.76. The molecule has 0 amide bonds. The smallest absolute Gasteiger partial charge is 0.138 e. The molecule has 1 aliphatic rings. The molecule has 2 rings (SSSR count). The Hall–Kier alpha value is -0.250. The molecule has 0 aliphatic carbocycles. The van der Waals surface area contributed by atoms with Crippen molar-refractivity contribution in [3.8, 4) is 0 Å². The summed E-state index contributed by atoms with van der Waals surface area (Å²) in [7, 11) is 0. The lowest BCUT2D eigenvalue weighted by Gasteiger charge is -2.24. The summed E-state index contributed by atoms with van der Waals surface area (Å²) < 4.78 is 13.7. The average Bonchev–Trinajstić information content (AvgIpc) is 2.30. The van der Waals surface area contributed by atoms with E-state index in [0.29, 0.717) is 9.92 Å². The Morgan fingerprint density at radius 3 is 2.81 bits per heavy atom. The van der Waals surface area contributed by atoms with E-state index in [4.69, 9.17) is 11.6 Å². The largest absolute Gasteiger partial charge is 0.310 e. The standard InChI is InChI=1S/C12H15ClFNS/c1-16-12-9(13)6-8(7-10(12)14)11-4-2-3-5-15-11/h6-7,11,15H,2-5H2,1H3. The van der Waals surface area contributed by atoms with Crippen molar-refractivity contribution >= 4 is 23.4 Å². The predicted octanol–water partition coefficient (Wildman–Crippen LogP) is 4.02.